The van der Waals surface area contributed by atoms with Crippen molar-refractivity contribution in [3.63, 3.8) is 0 Å². The maximum absolute atomic E-state index is 14.0. The molecule has 0 spiro atoms. The van der Waals surface area contributed by atoms with Gasteiger partial charge in [0.25, 0.3) is 11.8 Å². The molecule has 1 atom stereocenters. The topological polar surface area (TPSA) is 130 Å². The summed E-state index contributed by atoms with van der Waals surface area (Å²) in [5, 5.41) is 18.8. The zero-order valence-electron chi connectivity index (χ0n) is 20.4. The van der Waals surface area contributed by atoms with Crippen LogP contribution in [0.3, 0.4) is 0 Å². The van der Waals surface area contributed by atoms with Gasteiger partial charge in [0.05, 0.1) is 12.6 Å². The number of nitrogens with one attached hydrogen (secondary N) is 1. The van der Waals surface area contributed by atoms with Crippen LogP contribution in [-0.2, 0) is 17.8 Å². The lowest BCUT2D eigenvalue weighted by atomic mass is 10.1. The van der Waals surface area contributed by atoms with Gasteiger partial charge in [0.2, 0.25) is 5.43 Å². The summed E-state index contributed by atoms with van der Waals surface area (Å²) in [6.45, 7) is 2.43. The number of aryl methyl sites for hydroxylation is 1. The van der Waals surface area contributed by atoms with Crippen LogP contribution >= 0.6 is 0 Å². The average Bonchev–Trinajstić information content (AvgIpc) is 3.54. The highest BCUT2D eigenvalue weighted by atomic mass is 19.1. The molecule has 2 aliphatic rings. The minimum atomic E-state index is -1.06. The quantitative estimate of drug-likeness (QED) is 0.474. The van der Waals surface area contributed by atoms with Crippen LogP contribution in [0, 0.1) is 18.6 Å². The molecule has 2 amide bonds. The highest BCUT2D eigenvalue weighted by molar-refractivity contribution is 5.99. The zero-order valence-corrected chi connectivity index (χ0v) is 20.4. The molecule has 0 bridgehead atoms. The average molecular weight is 530 g/mol. The first-order valence-electron chi connectivity index (χ1n) is 12.0. The van der Waals surface area contributed by atoms with Gasteiger partial charge in [0.15, 0.2) is 11.4 Å². The molecule has 2 aromatic heterocycles. The van der Waals surface area contributed by atoms with E-state index in [0.29, 0.717) is 24.1 Å². The lowest BCUT2D eigenvalue weighted by Gasteiger charge is -2.40. The minimum absolute atomic E-state index is 0.00464. The predicted molar refractivity (Wildman–Crippen MR) is 128 cm³/mol. The molecule has 0 saturated carbocycles. The Morgan fingerprint density at radius 1 is 1.26 bits per heavy atom. The van der Waals surface area contributed by atoms with Crippen LogP contribution < -0.4 is 15.8 Å². The molecule has 2 N–H and O–H groups in total. The standard InChI is InChI=1S/C25H25F2N5O6/c1-14-7-17(29-38-14)10-31-13-30(11-18-3-2-6-37-18)25(36)21-23(34)22(33)19(12-32(21)31)24(35)28-9-15-4-5-16(26)8-20(15)27/h4-5,7-8,12,18,34H,2-3,6,9-11,13H2,1H3,(H,28,35)/t18-/m1/s1. The van der Waals surface area contributed by atoms with Gasteiger partial charge in [-0.05, 0) is 25.8 Å². The molecule has 11 nitrogen and oxygen atoms in total. The minimum Gasteiger partial charge on any atom is -0.502 e. The molecule has 5 rings (SSSR count). The molecule has 1 aromatic carbocycles. The Morgan fingerprint density at radius 2 is 2.08 bits per heavy atom. The number of hydrogen-bond acceptors (Lipinski definition) is 8. The SMILES string of the molecule is Cc1cc(CN2CN(C[C@H]3CCCO3)C(=O)c3c(O)c(=O)c(C(=O)NCc4ccc(F)cc4F)cn32)no1. The number of rotatable bonds is 7. The van der Waals surface area contributed by atoms with Crippen LogP contribution in [0.2, 0.25) is 0 Å². The summed E-state index contributed by atoms with van der Waals surface area (Å²) < 4.78 is 39.2. The number of carbonyl (C=O) groups is 2. The van der Waals surface area contributed by atoms with Crippen LogP contribution in [0.15, 0.2) is 39.8 Å². The molecule has 0 aliphatic carbocycles. The fraction of sp³-hybridized carbons (Fsp3) is 0.360. The molecule has 13 heteroatoms. The van der Waals surface area contributed by atoms with Crippen molar-refractivity contribution in [2.45, 2.75) is 39.0 Å². The van der Waals surface area contributed by atoms with Crippen molar-refractivity contribution in [1.82, 2.24) is 20.0 Å². The summed E-state index contributed by atoms with van der Waals surface area (Å²) in [5.41, 5.74) is -1.30. The third-order valence-corrected chi connectivity index (χ3v) is 6.46. The van der Waals surface area contributed by atoms with E-state index in [-0.39, 0.29) is 43.7 Å². The number of fused-ring (bicyclic) bond motifs is 1. The van der Waals surface area contributed by atoms with Gasteiger partial charge in [-0.1, -0.05) is 11.2 Å². The van der Waals surface area contributed by atoms with E-state index in [1.807, 2.05) is 0 Å². The number of hydrogen-bond donors (Lipinski definition) is 2. The molecule has 3 aromatic rings. The summed E-state index contributed by atoms with van der Waals surface area (Å²) in [4.78, 5) is 40.7. The molecular formula is C25H25F2N5O6. The normalized spacial score (nSPS) is 17.1. The third kappa shape index (κ3) is 4.96. The largest absolute Gasteiger partial charge is 0.502 e. The molecule has 200 valence electrons. The van der Waals surface area contributed by atoms with Crippen molar-refractivity contribution in [2.24, 2.45) is 0 Å². The first-order valence-corrected chi connectivity index (χ1v) is 12.0. The van der Waals surface area contributed by atoms with Gasteiger partial charge in [-0.2, -0.15) is 0 Å². The van der Waals surface area contributed by atoms with E-state index < -0.39 is 40.2 Å². The van der Waals surface area contributed by atoms with Crippen molar-refractivity contribution in [1.29, 1.82) is 0 Å². The van der Waals surface area contributed by atoms with Gasteiger partial charge in [0, 0.05) is 43.6 Å². The monoisotopic (exact) mass is 529 g/mol. The van der Waals surface area contributed by atoms with E-state index in [1.165, 1.54) is 15.6 Å². The number of pyridine rings is 1. The van der Waals surface area contributed by atoms with E-state index in [2.05, 4.69) is 10.5 Å². The van der Waals surface area contributed by atoms with Crippen molar-refractivity contribution >= 4 is 11.8 Å². The summed E-state index contributed by atoms with van der Waals surface area (Å²) in [6.07, 6.45) is 2.63. The molecule has 0 radical (unpaired) electrons. The summed E-state index contributed by atoms with van der Waals surface area (Å²) in [6, 6.07) is 4.60. The second-order valence-electron chi connectivity index (χ2n) is 9.23. The molecule has 1 fully saturated rings. The number of carbonyl (C=O) groups excluding carboxylic acids is 2. The Morgan fingerprint density at radius 3 is 2.76 bits per heavy atom. The number of nitrogens with zero attached hydrogens (tertiary/aromatic N) is 4. The first-order chi connectivity index (χ1) is 18.2. The molecule has 4 heterocycles. The van der Waals surface area contributed by atoms with Crippen molar-refractivity contribution in [3.8, 4) is 5.75 Å². The second kappa shape index (κ2) is 10.2. The first kappa shape index (κ1) is 25.4. The van der Waals surface area contributed by atoms with Gasteiger partial charge in [-0.25, -0.2) is 8.78 Å². The zero-order chi connectivity index (χ0) is 27.0. The summed E-state index contributed by atoms with van der Waals surface area (Å²) >= 11 is 0. The fourth-order valence-corrected chi connectivity index (χ4v) is 4.57. The van der Waals surface area contributed by atoms with Crippen LogP contribution in [0.1, 0.15) is 50.7 Å². The number of aromatic hydroxyl groups is 1. The second-order valence-corrected chi connectivity index (χ2v) is 9.23. The number of aromatic nitrogens is 2. The van der Waals surface area contributed by atoms with Crippen LogP contribution in [0.25, 0.3) is 0 Å². The maximum atomic E-state index is 14.0. The highest BCUT2D eigenvalue weighted by Gasteiger charge is 2.36. The van der Waals surface area contributed by atoms with E-state index in [0.717, 1.165) is 25.1 Å². The van der Waals surface area contributed by atoms with Gasteiger partial charge in [-0.3, -0.25) is 24.1 Å². The van der Waals surface area contributed by atoms with Gasteiger partial charge in [-0.15, -0.1) is 0 Å². The lowest BCUT2D eigenvalue weighted by molar-refractivity contribution is 0.0454. The Bertz CT molecular complexity index is 1450. The number of benzene rings is 1. The van der Waals surface area contributed by atoms with E-state index in [9.17, 15) is 28.3 Å². The van der Waals surface area contributed by atoms with Crippen molar-refractivity contribution in [2.75, 3.05) is 24.8 Å². The molecular weight excluding hydrogens is 504 g/mol. The number of amides is 2. The summed E-state index contributed by atoms with van der Waals surface area (Å²) in [7, 11) is 0. The van der Waals surface area contributed by atoms with Crippen LogP contribution in [0.5, 0.6) is 5.75 Å². The number of ether oxygens (including phenoxy) is 1. The van der Waals surface area contributed by atoms with E-state index in [1.54, 1.807) is 18.0 Å². The van der Waals surface area contributed by atoms with Gasteiger partial charge >= 0.3 is 0 Å². The predicted octanol–water partition coefficient (Wildman–Crippen LogP) is 1.79. The van der Waals surface area contributed by atoms with E-state index in [4.69, 9.17) is 9.26 Å². The number of halogens is 2. The van der Waals surface area contributed by atoms with Gasteiger partial charge in [0.1, 0.15) is 35.3 Å². The fourth-order valence-electron chi connectivity index (χ4n) is 4.57. The van der Waals surface area contributed by atoms with Crippen LogP contribution in [0.4, 0.5) is 8.78 Å². The smallest absolute Gasteiger partial charge is 0.277 e. The van der Waals surface area contributed by atoms with Crippen LogP contribution in [-0.4, -0.2) is 57.6 Å². The molecule has 1 saturated heterocycles. The van der Waals surface area contributed by atoms with Gasteiger partial charge < -0.3 is 24.6 Å². The third-order valence-electron chi connectivity index (χ3n) is 6.46. The van der Waals surface area contributed by atoms with Crippen molar-refractivity contribution < 1.29 is 32.7 Å². The Kier molecular flexibility index (Phi) is 6.85. The summed E-state index contributed by atoms with van der Waals surface area (Å²) in [5.74, 6) is -3.45. The van der Waals surface area contributed by atoms with Crippen molar-refractivity contribution in [3.05, 3.63) is 80.6 Å². The Balaban J connectivity index is 1.47. The van der Waals surface area contributed by atoms with E-state index >= 15 is 0 Å². The maximum Gasteiger partial charge on any atom is 0.277 e. The molecule has 2 aliphatic heterocycles. The highest BCUT2D eigenvalue weighted by Crippen LogP contribution is 2.24. The Labute approximate surface area is 215 Å². The molecule has 38 heavy (non-hydrogen) atoms. The Hall–Kier alpha value is -4.26. The lowest BCUT2D eigenvalue weighted by Crippen LogP contribution is -2.55. The molecule has 0 unspecified atom stereocenters.